The predicted molar refractivity (Wildman–Crippen MR) is 293 cm³/mol. The highest BCUT2D eigenvalue weighted by atomic mass is 32.2. The Balaban J connectivity index is 1.38. The second-order valence-corrected chi connectivity index (χ2v) is 24.2. The van der Waals surface area contributed by atoms with Crippen molar-refractivity contribution in [2.45, 2.75) is 83.5 Å². The molecule has 2 heterocycles. The normalized spacial score (nSPS) is 13.8. The van der Waals surface area contributed by atoms with Gasteiger partial charge < -0.3 is 51.5 Å². The van der Waals surface area contributed by atoms with Crippen LogP contribution in [-0.2, 0) is 49.8 Å². The van der Waals surface area contributed by atoms with Crippen LogP contribution >= 0.6 is 12.0 Å². The van der Waals surface area contributed by atoms with Gasteiger partial charge in [-0.2, -0.15) is 63.6 Å². The molecule has 0 aliphatic rings. The summed E-state index contributed by atoms with van der Waals surface area (Å²) in [5.41, 5.74) is -0.142. The molecule has 31 nitrogen and oxygen atoms in total. The van der Waals surface area contributed by atoms with E-state index in [1.165, 1.54) is 55.7 Å². The van der Waals surface area contributed by atoms with Gasteiger partial charge in [-0.25, -0.2) is 5.26 Å². The Hall–Kier alpha value is -6.85. The van der Waals surface area contributed by atoms with E-state index in [2.05, 4.69) is 60.5 Å². The van der Waals surface area contributed by atoms with Crippen LogP contribution < -0.4 is 31.1 Å². The van der Waals surface area contributed by atoms with E-state index in [0.29, 0.717) is 46.4 Å². The number of anilines is 10. The third-order valence-electron chi connectivity index (χ3n) is 10.7. The van der Waals surface area contributed by atoms with Crippen LogP contribution in [0.1, 0.15) is 44.4 Å². The van der Waals surface area contributed by atoms with Crippen molar-refractivity contribution in [2.75, 3.05) is 57.2 Å². The highest BCUT2D eigenvalue weighted by Gasteiger charge is 2.25. The molecule has 0 saturated carbocycles. The second kappa shape index (κ2) is 26.4. The Bertz CT molecular complexity index is 3730. The number of aliphatic hydroxyl groups is 4. The van der Waals surface area contributed by atoms with E-state index in [9.17, 15) is 72.3 Å². The number of hydrogen-bond donors (Lipinski definition) is 13. The number of nitrogens with zero attached hydrogens (tertiary/aromatic N) is 8. The van der Waals surface area contributed by atoms with Crippen LogP contribution in [0.3, 0.4) is 0 Å². The fourth-order valence-corrected chi connectivity index (χ4v) is 10.4. The fourth-order valence-electron chi connectivity index (χ4n) is 7.45. The molecular formula is C45H54N12O19S5. The number of benzene rings is 4. The van der Waals surface area contributed by atoms with Gasteiger partial charge in [0.2, 0.25) is 35.7 Å². The molecule has 0 fully saturated rings. The van der Waals surface area contributed by atoms with Gasteiger partial charge in [-0.3, -0.25) is 18.2 Å². The van der Waals surface area contributed by atoms with Crippen LogP contribution in [0.4, 0.5) is 58.4 Å². The molecule has 13 N–H and O–H groups in total. The van der Waals surface area contributed by atoms with Gasteiger partial charge in [-0.15, -0.1) is 4.33 Å². The van der Waals surface area contributed by atoms with E-state index < -0.39 is 102 Å². The lowest BCUT2D eigenvalue weighted by molar-refractivity contribution is -0.432. The van der Waals surface area contributed by atoms with Gasteiger partial charge in [-0.05, 0) is 106 Å². The Labute approximate surface area is 467 Å². The highest BCUT2D eigenvalue weighted by molar-refractivity contribution is 7.94. The molecule has 0 amide bonds. The summed E-state index contributed by atoms with van der Waals surface area (Å²) >= 11 is 0.684. The van der Waals surface area contributed by atoms with Crippen molar-refractivity contribution in [1.82, 2.24) is 29.9 Å². The predicted octanol–water partition coefficient (Wildman–Crippen LogP) is 4.06. The topological polar surface area (TPSA) is 469 Å². The maximum absolute atomic E-state index is 12.9. The van der Waals surface area contributed by atoms with E-state index >= 15 is 0 Å². The maximum atomic E-state index is 12.9. The first kappa shape index (κ1) is 63.3. The minimum absolute atomic E-state index is 0.0181. The van der Waals surface area contributed by atoms with Gasteiger partial charge >= 0.3 is 0 Å². The summed E-state index contributed by atoms with van der Waals surface area (Å²) in [6.45, 7) is 7.02. The van der Waals surface area contributed by atoms with Gasteiger partial charge in [0.25, 0.3) is 40.5 Å². The number of hydrogen-bond acceptors (Lipinski definition) is 28. The molecule has 4 unspecified atom stereocenters. The summed E-state index contributed by atoms with van der Waals surface area (Å²) in [7, 11) is -20.3. The van der Waals surface area contributed by atoms with Crippen molar-refractivity contribution in [3.63, 3.8) is 0 Å². The van der Waals surface area contributed by atoms with Gasteiger partial charge in [-0.1, -0.05) is 35.4 Å². The molecule has 4 aromatic carbocycles. The highest BCUT2D eigenvalue weighted by Crippen LogP contribution is 2.33. The number of aromatic nitrogens is 6. The molecule has 0 aliphatic heterocycles. The summed E-state index contributed by atoms with van der Waals surface area (Å²) in [6.07, 6.45) is -1.80. The summed E-state index contributed by atoms with van der Waals surface area (Å²) < 4.78 is 145. The van der Waals surface area contributed by atoms with Crippen molar-refractivity contribution >= 4 is 123 Å². The van der Waals surface area contributed by atoms with E-state index in [1.54, 1.807) is 25.1 Å². The van der Waals surface area contributed by atoms with Crippen LogP contribution in [0.15, 0.2) is 97.3 Å². The summed E-state index contributed by atoms with van der Waals surface area (Å²) in [5, 5.41) is 64.6. The zero-order valence-corrected chi connectivity index (χ0v) is 47.0. The molecule has 6 aromatic rings. The number of rotatable bonds is 27. The molecule has 6 rings (SSSR count). The van der Waals surface area contributed by atoms with Crippen LogP contribution in [0.5, 0.6) is 0 Å². The van der Waals surface area contributed by atoms with Gasteiger partial charge in [0, 0.05) is 48.1 Å². The lowest BCUT2D eigenvalue weighted by Crippen LogP contribution is -2.37. The molecule has 2 aromatic heterocycles. The lowest BCUT2D eigenvalue weighted by atomic mass is 10.1. The first-order chi connectivity index (χ1) is 37.7. The molecule has 0 aliphatic carbocycles. The van der Waals surface area contributed by atoms with E-state index in [1.807, 2.05) is 0 Å². The summed E-state index contributed by atoms with van der Waals surface area (Å²) in [6, 6.07) is 13.9. The van der Waals surface area contributed by atoms with Crippen LogP contribution in [0.25, 0.3) is 12.2 Å². The van der Waals surface area contributed by atoms with E-state index in [0.717, 1.165) is 30.4 Å². The number of aliphatic hydroxyl groups excluding tert-OH is 4. The first-order valence-electron chi connectivity index (χ1n) is 23.3. The molecule has 0 radical (unpaired) electrons. The molecule has 0 spiro atoms. The van der Waals surface area contributed by atoms with Gasteiger partial charge in [0.05, 0.1) is 47.0 Å². The van der Waals surface area contributed by atoms with Gasteiger partial charge in [0.15, 0.2) is 0 Å². The Morgan fingerprint density at radius 3 is 1.30 bits per heavy atom. The zero-order chi connectivity index (χ0) is 59.8. The smallest absolute Gasteiger partial charge is 0.296 e. The molecule has 0 bridgehead atoms. The second-order valence-electron chi connectivity index (χ2n) is 17.9. The Morgan fingerprint density at radius 1 is 0.506 bits per heavy atom. The largest absolute Gasteiger partial charge is 0.392 e. The summed E-state index contributed by atoms with van der Waals surface area (Å²) in [5.74, 6) is -1.68. The molecule has 81 heavy (non-hydrogen) atoms. The van der Waals surface area contributed by atoms with Crippen LogP contribution in [0.2, 0.25) is 0 Å². The summed E-state index contributed by atoms with van der Waals surface area (Å²) in [4.78, 5) is 26.1. The Morgan fingerprint density at radius 2 is 0.914 bits per heavy atom. The number of nitrogens with one attached hydrogen (secondary N) is 4. The molecule has 36 heteroatoms. The van der Waals surface area contributed by atoms with Crippen LogP contribution in [0, 0.1) is 6.92 Å². The van der Waals surface area contributed by atoms with Crippen molar-refractivity contribution in [3.8, 4) is 0 Å². The SMILES string of the molecule is Cc1ccc(SOOO)cc1Nc1nc(Nc2ccc(/C=C/c3ccc(Nc4nc(Nc5cc(S(=O)(=O)O)ccc5S(=O)(=O)O)nc(N(CC(C)O)CC(C)O)n4)cc3S(=O)(=O)O)c(S(=O)(=O)O)c2)nc(N(CC(C)O)CC(C)O)n1. The minimum Gasteiger partial charge on any atom is -0.392 e. The standard InChI is InChI=1S/C45H54N12O19S5/c1-24-6-13-33(77-76-75-62)18-35(24)48-42-50-40(52-44(54-42)56(20-25(2)58)21-26(3)59)46-31-11-9-29(38(16-31)80(69,70)71)7-8-30-10-12-32(17-39(30)81(72,73)74)47-41-51-43(55-45(53-41)57(22-27(4)60)23-28(5)61)49-36-19-34(78(63,64)65)14-15-37(36)79(66,67)68/h6-19,25-28,58-62H,20-23H2,1-5H3,(H,63,64,65)(H,66,67,68)(H,69,70,71)(H,72,73,74)(H2,46,48,50,52,54)(H2,47,49,51,53,55)/b8-7+. The van der Waals surface area contributed by atoms with Crippen molar-refractivity contribution in [3.05, 3.63) is 89.5 Å². The molecule has 438 valence electrons. The fraction of sp³-hybridized carbons (Fsp3) is 0.289. The van der Waals surface area contributed by atoms with Crippen LogP contribution in [-0.4, -0.2) is 158 Å². The molecule has 0 saturated heterocycles. The minimum atomic E-state index is -5.14. The third kappa shape index (κ3) is 18.3. The van der Waals surface area contributed by atoms with Crippen molar-refractivity contribution in [1.29, 1.82) is 0 Å². The molecule has 4 atom stereocenters. The van der Waals surface area contributed by atoms with Gasteiger partial charge in [0.1, 0.15) is 14.7 Å². The van der Waals surface area contributed by atoms with E-state index in [4.69, 9.17) is 5.26 Å². The first-order valence-corrected chi connectivity index (χ1v) is 29.8. The molecular weight excluding hydrogens is 1170 g/mol. The Kier molecular flexibility index (Phi) is 20.6. The lowest BCUT2D eigenvalue weighted by Gasteiger charge is -2.26. The quantitative estimate of drug-likeness (QED) is 0.0114. The average molecular weight is 1230 g/mol. The average Bonchev–Trinajstić information content (AvgIpc) is 3.34. The number of aryl methyl sites for hydroxylation is 1. The van der Waals surface area contributed by atoms with E-state index in [-0.39, 0.29) is 72.5 Å². The van der Waals surface area contributed by atoms with Crippen molar-refractivity contribution in [2.24, 2.45) is 0 Å². The monoisotopic (exact) mass is 1230 g/mol. The third-order valence-corrected chi connectivity index (χ3v) is 14.8. The zero-order valence-electron chi connectivity index (χ0n) is 42.9. The maximum Gasteiger partial charge on any atom is 0.296 e. The van der Waals surface area contributed by atoms with Crippen molar-refractivity contribution < 1.29 is 86.9 Å².